The molecule has 1 rings (SSSR count). The molecular formula is C11H10BrNO3S. The van der Waals surface area contributed by atoms with E-state index in [0.29, 0.717) is 4.88 Å². The maximum atomic E-state index is 12.0. The van der Waals surface area contributed by atoms with Crippen LogP contribution in [0.5, 0.6) is 0 Å². The van der Waals surface area contributed by atoms with Crippen molar-refractivity contribution in [3.05, 3.63) is 20.3 Å². The Morgan fingerprint density at radius 1 is 1.65 bits per heavy atom. The number of halogens is 1. The van der Waals surface area contributed by atoms with E-state index in [2.05, 4.69) is 21.9 Å². The van der Waals surface area contributed by atoms with E-state index in [-0.39, 0.29) is 12.5 Å². The molecule has 0 saturated carbocycles. The van der Waals surface area contributed by atoms with Gasteiger partial charge in [-0.05, 0) is 34.5 Å². The summed E-state index contributed by atoms with van der Waals surface area (Å²) in [7, 11) is 0. The molecule has 0 spiro atoms. The van der Waals surface area contributed by atoms with E-state index in [1.54, 1.807) is 6.07 Å². The van der Waals surface area contributed by atoms with Crippen LogP contribution in [0.15, 0.2) is 9.85 Å². The largest absolute Gasteiger partial charge is 0.480 e. The molecule has 1 N–H and O–H groups in total. The van der Waals surface area contributed by atoms with Crippen molar-refractivity contribution in [2.75, 3.05) is 13.1 Å². The Labute approximate surface area is 111 Å². The fourth-order valence-corrected chi connectivity index (χ4v) is 2.70. The number of carbonyl (C=O) groups excluding carboxylic acids is 1. The van der Waals surface area contributed by atoms with E-state index in [4.69, 9.17) is 11.5 Å². The molecule has 1 amide bonds. The minimum absolute atomic E-state index is 0.0142. The molecule has 90 valence electrons. The van der Waals surface area contributed by atoms with Crippen LogP contribution in [-0.2, 0) is 4.79 Å². The second-order valence-electron chi connectivity index (χ2n) is 3.33. The van der Waals surface area contributed by atoms with E-state index in [1.165, 1.54) is 11.3 Å². The number of terminal acetylenes is 1. The molecule has 0 unspecified atom stereocenters. The van der Waals surface area contributed by atoms with Crippen molar-refractivity contribution in [1.82, 2.24) is 4.90 Å². The lowest BCUT2D eigenvalue weighted by Crippen LogP contribution is -2.35. The number of hydrogen-bond donors (Lipinski definition) is 1. The Kier molecular flexibility index (Phi) is 4.73. The van der Waals surface area contributed by atoms with Crippen LogP contribution in [0.1, 0.15) is 15.2 Å². The summed E-state index contributed by atoms with van der Waals surface area (Å²) in [4.78, 5) is 24.2. The first-order valence-corrected chi connectivity index (χ1v) is 6.27. The highest BCUT2D eigenvalue weighted by Crippen LogP contribution is 2.28. The van der Waals surface area contributed by atoms with Crippen LogP contribution in [0.4, 0.5) is 0 Å². The lowest BCUT2D eigenvalue weighted by Gasteiger charge is -2.16. The molecule has 0 fully saturated rings. The molecule has 0 aliphatic carbocycles. The van der Waals surface area contributed by atoms with Gasteiger partial charge in [-0.2, -0.15) is 0 Å². The highest BCUT2D eigenvalue weighted by Gasteiger charge is 2.20. The minimum atomic E-state index is -1.08. The summed E-state index contributed by atoms with van der Waals surface area (Å²) in [6.45, 7) is 1.46. The molecule has 1 heterocycles. The third kappa shape index (κ3) is 3.58. The Morgan fingerprint density at radius 2 is 2.29 bits per heavy atom. The molecule has 0 aliphatic heterocycles. The second-order valence-corrected chi connectivity index (χ2v) is 5.70. The van der Waals surface area contributed by atoms with Gasteiger partial charge in [0.05, 0.1) is 15.2 Å². The zero-order valence-corrected chi connectivity index (χ0v) is 11.5. The SMILES string of the molecule is C#CCN(CC(=O)O)C(=O)c1cc(C)c(Br)s1. The Morgan fingerprint density at radius 3 is 2.71 bits per heavy atom. The van der Waals surface area contributed by atoms with Crippen LogP contribution in [0.25, 0.3) is 0 Å². The van der Waals surface area contributed by atoms with E-state index in [0.717, 1.165) is 14.2 Å². The summed E-state index contributed by atoms with van der Waals surface area (Å²) in [6, 6.07) is 1.71. The highest BCUT2D eigenvalue weighted by atomic mass is 79.9. The van der Waals surface area contributed by atoms with Crippen LogP contribution in [0.3, 0.4) is 0 Å². The molecule has 4 nitrogen and oxygen atoms in total. The van der Waals surface area contributed by atoms with Crippen molar-refractivity contribution in [3.8, 4) is 12.3 Å². The van der Waals surface area contributed by atoms with Gasteiger partial charge in [0.1, 0.15) is 6.54 Å². The molecule has 6 heteroatoms. The molecule has 1 aromatic rings. The topological polar surface area (TPSA) is 57.6 Å². The van der Waals surface area contributed by atoms with Gasteiger partial charge in [0.2, 0.25) is 0 Å². The lowest BCUT2D eigenvalue weighted by molar-refractivity contribution is -0.137. The quantitative estimate of drug-likeness (QED) is 0.864. The van der Waals surface area contributed by atoms with Crippen molar-refractivity contribution in [1.29, 1.82) is 0 Å². The average molecular weight is 316 g/mol. The smallest absolute Gasteiger partial charge is 0.323 e. The van der Waals surface area contributed by atoms with Crippen molar-refractivity contribution < 1.29 is 14.7 Å². The van der Waals surface area contributed by atoms with Gasteiger partial charge >= 0.3 is 5.97 Å². The third-order valence-corrected chi connectivity index (χ3v) is 4.09. The van der Waals surface area contributed by atoms with E-state index < -0.39 is 12.5 Å². The number of thiophene rings is 1. The normalized spacial score (nSPS) is 9.71. The first-order chi connectivity index (χ1) is 7.95. The summed E-state index contributed by atoms with van der Waals surface area (Å²) in [5.74, 6) is 0.840. The fourth-order valence-electron chi connectivity index (χ4n) is 1.19. The zero-order chi connectivity index (χ0) is 13.0. The number of carboxylic acids is 1. The van der Waals surface area contributed by atoms with Crippen molar-refractivity contribution in [2.24, 2.45) is 0 Å². The number of aryl methyl sites for hydroxylation is 1. The number of aliphatic carboxylic acids is 1. The first-order valence-electron chi connectivity index (χ1n) is 4.66. The number of hydrogen-bond acceptors (Lipinski definition) is 3. The van der Waals surface area contributed by atoms with Gasteiger partial charge in [0.25, 0.3) is 5.91 Å². The maximum absolute atomic E-state index is 12.0. The Bertz CT molecular complexity index is 470. The van der Waals surface area contributed by atoms with Crippen LogP contribution in [-0.4, -0.2) is 35.0 Å². The predicted octanol–water partition coefficient (Wildman–Crippen LogP) is 1.98. The number of rotatable bonds is 4. The highest BCUT2D eigenvalue weighted by molar-refractivity contribution is 9.11. The number of amides is 1. The summed E-state index contributed by atoms with van der Waals surface area (Å²) < 4.78 is 0.858. The molecule has 0 aromatic carbocycles. The first kappa shape index (κ1) is 13.7. The standard InChI is InChI=1S/C11H10BrNO3S/c1-3-4-13(6-9(14)15)11(16)8-5-7(2)10(12)17-8/h1,5H,4,6H2,2H3,(H,14,15). The van der Waals surface area contributed by atoms with Crippen molar-refractivity contribution in [2.45, 2.75) is 6.92 Å². The number of carboxylic acid groups (broad SMARTS) is 1. The van der Waals surface area contributed by atoms with Gasteiger partial charge in [-0.1, -0.05) is 5.92 Å². The van der Waals surface area contributed by atoms with Crippen molar-refractivity contribution >= 4 is 39.1 Å². The fraction of sp³-hybridized carbons (Fsp3) is 0.273. The van der Waals surface area contributed by atoms with Crippen molar-refractivity contribution in [3.63, 3.8) is 0 Å². The van der Waals surface area contributed by atoms with Gasteiger partial charge in [0.15, 0.2) is 0 Å². The molecule has 0 saturated heterocycles. The molecule has 0 radical (unpaired) electrons. The number of carbonyl (C=O) groups is 2. The summed E-state index contributed by atoms with van der Waals surface area (Å²) in [5, 5.41) is 8.70. The van der Waals surface area contributed by atoms with Gasteiger partial charge in [-0.25, -0.2) is 0 Å². The summed E-state index contributed by atoms with van der Waals surface area (Å²) >= 11 is 4.58. The third-order valence-electron chi connectivity index (χ3n) is 1.96. The van der Waals surface area contributed by atoms with Gasteiger partial charge in [0, 0.05) is 0 Å². The maximum Gasteiger partial charge on any atom is 0.323 e. The van der Waals surface area contributed by atoms with E-state index >= 15 is 0 Å². The van der Waals surface area contributed by atoms with E-state index in [1.807, 2.05) is 6.92 Å². The molecule has 17 heavy (non-hydrogen) atoms. The van der Waals surface area contributed by atoms with Gasteiger partial charge in [-0.3, -0.25) is 9.59 Å². The molecular weight excluding hydrogens is 306 g/mol. The molecule has 0 aliphatic rings. The summed E-state index contributed by atoms with van der Waals surface area (Å²) in [5.41, 5.74) is 0.939. The van der Waals surface area contributed by atoms with E-state index in [9.17, 15) is 9.59 Å². The van der Waals surface area contributed by atoms with Gasteiger partial charge in [-0.15, -0.1) is 17.8 Å². The van der Waals surface area contributed by atoms with Crippen LogP contribution in [0, 0.1) is 19.3 Å². The number of nitrogens with zero attached hydrogens (tertiary/aromatic N) is 1. The molecule has 0 bridgehead atoms. The van der Waals surface area contributed by atoms with Crippen LogP contribution >= 0.6 is 27.3 Å². The average Bonchev–Trinajstić information content (AvgIpc) is 2.57. The molecule has 0 atom stereocenters. The second kappa shape index (κ2) is 5.84. The zero-order valence-electron chi connectivity index (χ0n) is 9.07. The van der Waals surface area contributed by atoms with Crippen LogP contribution < -0.4 is 0 Å². The Balaban J connectivity index is 2.91. The lowest BCUT2D eigenvalue weighted by atomic mass is 10.3. The van der Waals surface area contributed by atoms with Gasteiger partial charge < -0.3 is 10.0 Å². The summed E-state index contributed by atoms with van der Waals surface area (Å²) in [6.07, 6.45) is 5.11. The van der Waals surface area contributed by atoms with Crippen LogP contribution in [0.2, 0.25) is 0 Å². The predicted molar refractivity (Wildman–Crippen MR) is 69.1 cm³/mol. The molecule has 1 aromatic heterocycles. The minimum Gasteiger partial charge on any atom is -0.480 e. The Hall–Kier alpha value is -1.32. The monoisotopic (exact) mass is 315 g/mol.